The molecule has 1 aromatic carbocycles. The van der Waals surface area contributed by atoms with E-state index in [1.165, 1.54) is 6.92 Å². The first-order valence-corrected chi connectivity index (χ1v) is 9.90. The number of benzene rings is 1. The van der Waals surface area contributed by atoms with Gasteiger partial charge in [0, 0.05) is 26.4 Å². The molecule has 1 aliphatic rings. The van der Waals surface area contributed by atoms with Gasteiger partial charge >= 0.3 is 11.7 Å². The standard InChI is InChI=1S/C21H28N4O4/c1-14-7-5-6-8-17(14)25-18(22-23-20(25)28)13-16-9-11-24(12-10-16)19(27)21(3,4)29-15(2)26/h5-8,16H,9-13H2,1-4H3,(H,23,28). The zero-order valence-corrected chi connectivity index (χ0v) is 17.4. The fourth-order valence-corrected chi connectivity index (χ4v) is 3.91. The third-order valence-corrected chi connectivity index (χ3v) is 5.39. The maximum atomic E-state index is 12.7. The van der Waals surface area contributed by atoms with Crippen LogP contribution in [0.1, 0.15) is 45.0 Å². The van der Waals surface area contributed by atoms with E-state index in [4.69, 9.17) is 4.74 Å². The van der Waals surface area contributed by atoms with Crippen molar-refractivity contribution >= 4 is 11.9 Å². The van der Waals surface area contributed by atoms with Crippen LogP contribution in [0, 0.1) is 12.8 Å². The van der Waals surface area contributed by atoms with Crippen LogP contribution >= 0.6 is 0 Å². The number of aromatic amines is 1. The summed E-state index contributed by atoms with van der Waals surface area (Å²) in [6.45, 7) is 7.69. The molecule has 1 N–H and O–H groups in total. The average Bonchev–Trinajstić information content (AvgIpc) is 3.01. The molecule has 0 unspecified atom stereocenters. The van der Waals surface area contributed by atoms with E-state index in [0.29, 0.717) is 31.3 Å². The molecular formula is C21H28N4O4. The molecule has 0 atom stereocenters. The minimum atomic E-state index is -1.16. The topological polar surface area (TPSA) is 97.3 Å². The van der Waals surface area contributed by atoms with Crippen LogP contribution in [-0.2, 0) is 20.7 Å². The number of nitrogens with one attached hydrogen (secondary N) is 1. The monoisotopic (exact) mass is 400 g/mol. The largest absolute Gasteiger partial charge is 0.450 e. The molecule has 0 aliphatic carbocycles. The SMILES string of the molecule is CC(=O)OC(C)(C)C(=O)N1CCC(Cc2n[nH]c(=O)n2-c2ccccc2C)CC1. The number of H-pyrrole nitrogens is 1. The van der Waals surface area contributed by atoms with Crippen molar-refractivity contribution in [1.82, 2.24) is 19.7 Å². The van der Waals surface area contributed by atoms with Crippen molar-refractivity contribution in [2.24, 2.45) is 5.92 Å². The Balaban J connectivity index is 1.67. The Morgan fingerprint density at radius 2 is 1.90 bits per heavy atom. The number of hydrogen-bond donors (Lipinski definition) is 1. The first-order valence-electron chi connectivity index (χ1n) is 9.90. The molecular weight excluding hydrogens is 372 g/mol. The van der Waals surface area contributed by atoms with Crippen LogP contribution < -0.4 is 5.69 Å². The average molecular weight is 400 g/mol. The third kappa shape index (κ3) is 4.58. The highest BCUT2D eigenvalue weighted by Gasteiger charge is 2.36. The Hall–Kier alpha value is -2.90. The highest BCUT2D eigenvalue weighted by molar-refractivity contribution is 5.86. The summed E-state index contributed by atoms with van der Waals surface area (Å²) in [6.07, 6.45) is 2.26. The number of esters is 1. The maximum absolute atomic E-state index is 12.7. The van der Waals surface area contributed by atoms with Gasteiger partial charge in [-0.15, -0.1) is 0 Å². The van der Waals surface area contributed by atoms with Crippen molar-refractivity contribution in [3.8, 4) is 5.69 Å². The number of hydrogen-bond acceptors (Lipinski definition) is 5. The number of likely N-dealkylation sites (tertiary alicyclic amines) is 1. The molecule has 1 saturated heterocycles. The second-order valence-corrected chi connectivity index (χ2v) is 8.11. The van der Waals surface area contributed by atoms with Crippen LogP contribution in [0.25, 0.3) is 5.69 Å². The molecule has 156 valence electrons. The lowest BCUT2D eigenvalue weighted by atomic mass is 9.92. The molecule has 29 heavy (non-hydrogen) atoms. The van der Waals surface area contributed by atoms with E-state index in [1.807, 2.05) is 31.2 Å². The minimum absolute atomic E-state index is 0.178. The molecule has 3 rings (SSSR count). The smallest absolute Gasteiger partial charge is 0.347 e. The molecule has 0 bridgehead atoms. The molecule has 0 radical (unpaired) electrons. The molecule has 2 heterocycles. The summed E-state index contributed by atoms with van der Waals surface area (Å²) in [6, 6.07) is 7.72. The number of ether oxygens (including phenoxy) is 1. The van der Waals surface area contributed by atoms with Gasteiger partial charge in [0.1, 0.15) is 5.82 Å². The van der Waals surface area contributed by atoms with Gasteiger partial charge in [-0.25, -0.2) is 14.5 Å². The fraction of sp³-hybridized carbons (Fsp3) is 0.524. The quantitative estimate of drug-likeness (QED) is 0.774. The van der Waals surface area contributed by atoms with Gasteiger partial charge in [0.05, 0.1) is 5.69 Å². The summed E-state index contributed by atoms with van der Waals surface area (Å²) < 4.78 is 6.81. The van der Waals surface area contributed by atoms with Gasteiger partial charge in [-0.05, 0) is 51.2 Å². The van der Waals surface area contributed by atoms with E-state index in [0.717, 1.165) is 24.1 Å². The lowest BCUT2D eigenvalue weighted by Gasteiger charge is -2.36. The van der Waals surface area contributed by atoms with E-state index >= 15 is 0 Å². The summed E-state index contributed by atoms with van der Waals surface area (Å²) in [5.74, 6) is 0.372. The molecule has 0 saturated carbocycles. The van der Waals surface area contributed by atoms with Crippen molar-refractivity contribution in [2.75, 3.05) is 13.1 Å². The van der Waals surface area contributed by atoms with Crippen LogP contribution in [0.3, 0.4) is 0 Å². The van der Waals surface area contributed by atoms with Crippen LogP contribution in [0.4, 0.5) is 0 Å². The van der Waals surface area contributed by atoms with E-state index < -0.39 is 11.6 Å². The normalized spacial score (nSPS) is 15.4. The Kier molecular flexibility index (Phi) is 5.91. The zero-order valence-electron chi connectivity index (χ0n) is 17.4. The molecule has 0 spiro atoms. The minimum Gasteiger partial charge on any atom is -0.450 e. The summed E-state index contributed by atoms with van der Waals surface area (Å²) in [4.78, 5) is 38.0. The van der Waals surface area contributed by atoms with Gasteiger partial charge in [0.2, 0.25) is 0 Å². The molecule has 8 heteroatoms. The van der Waals surface area contributed by atoms with Crippen molar-refractivity contribution < 1.29 is 14.3 Å². The highest BCUT2D eigenvalue weighted by Crippen LogP contribution is 2.25. The van der Waals surface area contributed by atoms with Crippen molar-refractivity contribution in [2.45, 2.75) is 52.6 Å². The number of amides is 1. The second kappa shape index (κ2) is 8.23. The number of nitrogens with zero attached hydrogens (tertiary/aromatic N) is 3. The van der Waals surface area contributed by atoms with E-state index in [2.05, 4.69) is 10.2 Å². The van der Waals surface area contributed by atoms with Gasteiger partial charge in [0.25, 0.3) is 5.91 Å². The number of piperidine rings is 1. The summed E-state index contributed by atoms with van der Waals surface area (Å²) in [5.41, 5.74) is 0.430. The van der Waals surface area contributed by atoms with Crippen LogP contribution in [0.15, 0.2) is 29.1 Å². The summed E-state index contributed by atoms with van der Waals surface area (Å²) in [7, 11) is 0. The lowest BCUT2D eigenvalue weighted by molar-refractivity contribution is -0.169. The van der Waals surface area contributed by atoms with Crippen LogP contribution in [0.2, 0.25) is 0 Å². The molecule has 1 fully saturated rings. The summed E-state index contributed by atoms with van der Waals surface area (Å²) in [5, 5.41) is 6.80. The van der Waals surface area contributed by atoms with Crippen LogP contribution in [-0.4, -0.2) is 50.2 Å². The van der Waals surface area contributed by atoms with Crippen LogP contribution in [0.5, 0.6) is 0 Å². The third-order valence-electron chi connectivity index (χ3n) is 5.39. The van der Waals surface area contributed by atoms with Gasteiger partial charge in [-0.1, -0.05) is 18.2 Å². The Morgan fingerprint density at radius 1 is 1.24 bits per heavy atom. The van der Waals surface area contributed by atoms with E-state index in [1.54, 1.807) is 23.3 Å². The summed E-state index contributed by atoms with van der Waals surface area (Å²) >= 11 is 0. The predicted octanol–water partition coefficient (Wildman–Crippen LogP) is 1.99. The van der Waals surface area contributed by atoms with Crippen molar-refractivity contribution in [3.63, 3.8) is 0 Å². The molecule has 1 aliphatic heterocycles. The Bertz CT molecular complexity index is 952. The number of aromatic nitrogens is 3. The van der Waals surface area contributed by atoms with E-state index in [9.17, 15) is 14.4 Å². The van der Waals surface area contributed by atoms with Gasteiger partial charge in [-0.3, -0.25) is 9.59 Å². The number of rotatable bonds is 5. The first-order chi connectivity index (χ1) is 13.7. The second-order valence-electron chi connectivity index (χ2n) is 8.11. The first kappa shape index (κ1) is 20.8. The van der Waals surface area contributed by atoms with Gasteiger partial charge < -0.3 is 9.64 Å². The molecule has 1 aromatic heterocycles. The van der Waals surface area contributed by atoms with Crippen molar-refractivity contribution in [1.29, 1.82) is 0 Å². The van der Waals surface area contributed by atoms with Gasteiger partial charge in [-0.2, -0.15) is 5.10 Å². The fourth-order valence-electron chi connectivity index (χ4n) is 3.91. The maximum Gasteiger partial charge on any atom is 0.347 e. The van der Waals surface area contributed by atoms with E-state index in [-0.39, 0.29) is 11.6 Å². The van der Waals surface area contributed by atoms with Crippen molar-refractivity contribution in [3.05, 3.63) is 46.1 Å². The highest BCUT2D eigenvalue weighted by atomic mass is 16.6. The number of carbonyl (C=O) groups excluding carboxylic acids is 2. The molecule has 2 aromatic rings. The number of carbonyl (C=O) groups is 2. The Labute approximate surface area is 169 Å². The number of para-hydroxylation sites is 1. The van der Waals surface area contributed by atoms with Gasteiger partial charge in [0.15, 0.2) is 5.60 Å². The number of aryl methyl sites for hydroxylation is 1. The molecule has 8 nitrogen and oxygen atoms in total. The lowest BCUT2D eigenvalue weighted by Crippen LogP contribution is -2.50. The zero-order chi connectivity index (χ0) is 21.2. The Morgan fingerprint density at radius 3 is 2.52 bits per heavy atom. The predicted molar refractivity (Wildman–Crippen MR) is 108 cm³/mol. The molecule has 1 amide bonds.